The van der Waals surface area contributed by atoms with Gasteiger partial charge in [0, 0.05) is 23.8 Å². The van der Waals surface area contributed by atoms with E-state index >= 15 is 0 Å². The number of esters is 3. The fourth-order valence-corrected chi connectivity index (χ4v) is 7.91. The van der Waals surface area contributed by atoms with Crippen LogP contribution in [0.1, 0.15) is 106 Å². The summed E-state index contributed by atoms with van der Waals surface area (Å²) < 4.78 is 23.5. The summed E-state index contributed by atoms with van der Waals surface area (Å²) in [5.74, 6) is 0.825. The first kappa shape index (κ1) is 41.9. The first-order valence-electron chi connectivity index (χ1n) is 19.7. The minimum absolute atomic E-state index is 0.00181. The maximum absolute atomic E-state index is 13.5. The molecule has 296 valence electrons. The number of thiazole rings is 1. The molecule has 9 nitrogen and oxygen atoms in total. The lowest BCUT2D eigenvalue weighted by Gasteiger charge is -2.29. The van der Waals surface area contributed by atoms with Gasteiger partial charge in [-0.1, -0.05) is 74.1 Å². The van der Waals surface area contributed by atoms with Gasteiger partial charge in [0.05, 0.1) is 22.4 Å². The van der Waals surface area contributed by atoms with Crippen molar-refractivity contribution in [3.8, 4) is 11.5 Å². The molecule has 3 aromatic carbocycles. The third-order valence-corrected chi connectivity index (χ3v) is 11.2. The molecule has 1 fully saturated rings. The van der Waals surface area contributed by atoms with Gasteiger partial charge in [-0.25, -0.2) is 19.4 Å². The Labute approximate surface area is 334 Å². The molecule has 2 unspecified atom stereocenters. The normalized spacial score (nSPS) is 16.7. The van der Waals surface area contributed by atoms with Crippen LogP contribution in [-0.4, -0.2) is 48.3 Å². The smallest absolute Gasteiger partial charge is 0.343 e. The number of aromatic nitrogens is 1. The predicted molar refractivity (Wildman–Crippen MR) is 224 cm³/mol. The van der Waals surface area contributed by atoms with Crippen molar-refractivity contribution in [3.05, 3.63) is 114 Å². The monoisotopic (exact) mass is 778 g/mol. The highest BCUT2D eigenvalue weighted by Crippen LogP contribution is 2.39. The predicted octanol–water partition coefficient (Wildman–Crippen LogP) is 10.9. The average Bonchev–Trinajstić information content (AvgIpc) is 3.63. The summed E-state index contributed by atoms with van der Waals surface area (Å²) in [6.07, 6.45) is 12.9. The quantitative estimate of drug-likeness (QED) is 0.0405. The maximum Gasteiger partial charge on any atom is 0.343 e. The zero-order chi connectivity index (χ0) is 39.9. The van der Waals surface area contributed by atoms with Gasteiger partial charge in [0.1, 0.15) is 24.2 Å². The Hall–Kier alpha value is -5.22. The van der Waals surface area contributed by atoms with Crippen LogP contribution >= 0.6 is 11.3 Å². The third-order valence-electron chi connectivity index (χ3n) is 10.3. The summed E-state index contributed by atoms with van der Waals surface area (Å²) in [5.41, 5.74) is 4.65. The van der Waals surface area contributed by atoms with E-state index in [1.54, 1.807) is 35.6 Å². The van der Waals surface area contributed by atoms with Crippen LogP contribution in [0.15, 0.2) is 97.6 Å². The van der Waals surface area contributed by atoms with Crippen LogP contribution in [0.3, 0.4) is 0 Å². The summed E-state index contributed by atoms with van der Waals surface area (Å²) in [6.45, 7) is 13.6. The van der Waals surface area contributed by atoms with Crippen molar-refractivity contribution in [3.63, 3.8) is 0 Å². The van der Waals surface area contributed by atoms with Crippen LogP contribution in [0.4, 0.5) is 5.13 Å². The van der Waals surface area contributed by atoms with Gasteiger partial charge in [-0.2, -0.15) is 0 Å². The van der Waals surface area contributed by atoms with Crippen LogP contribution in [0.2, 0.25) is 0 Å². The molecule has 0 bridgehead atoms. The van der Waals surface area contributed by atoms with Crippen LogP contribution < -0.4 is 14.8 Å². The minimum atomic E-state index is -0.596. The van der Waals surface area contributed by atoms with E-state index in [-0.39, 0.29) is 12.6 Å². The molecule has 0 amide bonds. The van der Waals surface area contributed by atoms with E-state index in [9.17, 15) is 14.4 Å². The molecule has 1 aromatic heterocycles. The van der Waals surface area contributed by atoms with Crippen LogP contribution in [-0.2, 0) is 19.1 Å². The molecular weight excluding hydrogens is 725 g/mol. The number of unbranched alkanes of at least 4 members (excludes halogenated alkanes) is 1. The highest BCUT2D eigenvalue weighted by atomic mass is 32.1. The number of carbonyl (C=O) groups is 3. The number of hydrogen-bond acceptors (Lipinski definition) is 10. The molecule has 0 aliphatic heterocycles. The van der Waals surface area contributed by atoms with Crippen molar-refractivity contribution in [2.45, 2.75) is 96.6 Å². The molecule has 0 saturated heterocycles. The van der Waals surface area contributed by atoms with E-state index in [0.717, 1.165) is 44.6 Å². The van der Waals surface area contributed by atoms with Crippen molar-refractivity contribution >= 4 is 50.7 Å². The van der Waals surface area contributed by atoms with Gasteiger partial charge in [-0.3, -0.25) is 0 Å². The molecule has 4 aromatic rings. The summed E-state index contributed by atoms with van der Waals surface area (Å²) in [5, 5.41) is 4.43. The lowest BCUT2D eigenvalue weighted by molar-refractivity contribution is -0.153. The Morgan fingerprint density at radius 2 is 1.71 bits per heavy atom. The van der Waals surface area contributed by atoms with E-state index in [2.05, 4.69) is 63.5 Å². The lowest BCUT2D eigenvalue weighted by atomic mass is 9.77. The number of nitrogens with one attached hydrogen (secondary N) is 1. The highest BCUT2D eigenvalue weighted by molar-refractivity contribution is 7.22. The van der Waals surface area contributed by atoms with Gasteiger partial charge in [-0.15, -0.1) is 0 Å². The number of anilines is 1. The lowest BCUT2D eigenvalue weighted by Crippen LogP contribution is -2.24. The van der Waals surface area contributed by atoms with Gasteiger partial charge in [0.2, 0.25) is 0 Å². The average molecular weight is 779 g/mol. The molecule has 0 spiro atoms. The second kappa shape index (κ2) is 21.2. The Bertz CT molecular complexity index is 1940. The first-order valence-corrected chi connectivity index (χ1v) is 20.5. The van der Waals surface area contributed by atoms with Crippen molar-refractivity contribution in [2.24, 2.45) is 5.92 Å². The Morgan fingerprint density at radius 1 is 0.964 bits per heavy atom. The molecule has 1 N–H and O–H groups in total. The topological polar surface area (TPSA) is 113 Å². The van der Waals surface area contributed by atoms with Crippen LogP contribution in [0.25, 0.3) is 16.3 Å². The molecule has 1 aliphatic carbocycles. The van der Waals surface area contributed by atoms with Crippen LogP contribution in [0.5, 0.6) is 11.5 Å². The van der Waals surface area contributed by atoms with Gasteiger partial charge in [0.15, 0.2) is 5.13 Å². The number of hydrogen-bond donors (Lipinski definition) is 1. The zero-order valence-electron chi connectivity index (χ0n) is 32.8. The Kier molecular flexibility index (Phi) is 15.9. The number of rotatable bonds is 20. The largest absolute Gasteiger partial charge is 0.494 e. The van der Waals surface area contributed by atoms with Gasteiger partial charge in [0.25, 0.3) is 0 Å². The van der Waals surface area contributed by atoms with E-state index < -0.39 is 24.0 Å². The van der Waals surface area contributed by atoms with Gasteiger partial charge >= 0.3 is 17.9 Å². The van der Waals surface area contributed by atoms with E-state index in [1.165, 1.54) is 44.1 Å². The third kappa shape index (κ3) is 12.4. The molecule has 1 heterocycles. The molecule has 0 radical (unpaired) electrons. The SMILES string of the molecule is C=CC(=O)OCC(CCCCOc1ccc(C(=O)Oc2ccc(C3CCC(CCC)CC3)cc2/C=C(/C)C(C)Nc2nc3ccccc3s2)cc1)OC(=O)C=C. The van der Waals surface area contributed by atoms with Gasteiger partial charge in [-0.05, 0) is 125 Å². The van der Waals surface area contributed by atoms with Gasteiger partial charge < -0.3 is 24.3 Å². The first-order chi connectivity index (χ1) is 27.1. The van der Waals surface area contributed by atoms with Crippen molar-refractivity contribution in [1.29, 1.82) is 0 Å². The molecule has 1 aliphatic rings. The summed E-state index contributed by atoms with van der Waals surface area (Å²) >= 11 is 1.64. The summed E-state index contributed by atoms with van der Waals surface area (Å²) in [7, 11) is 0. The molecular formula is C46H54N2O7S. The molecule has 56 heavy (non-hydrogen) atoms. The molecule has 5 rings (SSSR count). The zero-order valence-corrected chi connectivity index (χ0v) is 33.6. The molecule has 2 atom stereocenters. The van der Waals surface area contributed by atoms with E-state index in [4.69, 9.17) is 23.9 Å². The number of nitrogens with zero attached hydrogens (tertiary/aromatic N) is 1. The number of benzene rings is 3. The maximum atomic E-state index is 13.5. The fourth-order valence-electron chi connectivity index (χ4n) is 6.96. The summed E-state index contributed by atoms with van der Waals surface area (Å²) in [6, 6.07) is 21.3. The van der Waals surface area contributed by atoms with Crippen LogP contribution in [0, 0.1) is 5.92 Å². The van der Waals surface area contributed by atoms with Crippen molar-refractivity contribution in [1.82, 2.24) is 4.98 Å². The van der Waals surface area contributed by atoms with E-state index in [1.807, 2.05) is 24.3 Å². The Morgan fingerprint density at radius 3 is 2.43 bits per heavy atom. The van der Waals surface area contributed by atoms with E-state index in [0.29, 0.717) is 48.8 Å². The fraction of sp³-hybridized carbons (Fsp3) is 0.391. The number of carbonyl (C=O) groups excluding carboxylic acids is 3. The number of ether oxygens (including phenoxy) is 4. The summed E-state index contributed by atoms with van der Waals surface area (Å²) in [4.78, 5) is 41.4. The number of para-hydroxylation sites is 1. The Balaban J connectivity index is 1.21. The highest BCUT2D eigenvalue weighted by Gasteiger charge is 2.23. The molecule has 10 heteroatoms. The second-order valence-corrected chi connectivity index (χ2v) is 15.4. The van der Waals surface area contributed by atoms with Crippen molar-refractivity contribution in [2.75, 3.05) is 18.5 Å². The number of fused-ring (bicyclic) bond motifs is 1. The molecule has 1 saturated carbocycles. The minimum Gasteiger partial charge on any atom is -0.494 e. The second-order valence-electron chi connectivity index (χ2n) is 14.4. The van der Waals surface area contributed by atoms with Crippen molar-refractivity contribution < 1.29 is 33.3 Å². The standard InChI is InChI=1S/C46H54N2O7S/c1-6-13-33-17-19-34(20-18-33)36-23-26-41(37(29-36)28-31(4)32(5)47-46-48-40-15-9-10-16-42(40)56-46)55-45(51)35-21-24-38(25-22-35)52-27-12-11-14-39(54-44(50)8-3)30-53-43(49)7-2/h7-10,15-16,21-26,28-29,32-34,39H,2-3,6,11-14,17-20,27,30H2,1,4-5H3,(H,47,48)/b31-28-.